The monoisotopic (exact) mass is 418 g/mol. The SMILES string of the molecule is CCc1ccc([C@H]2CC(=O)Nc3c2c(C)nn3-c2ccc(N3CCOCC3)nn2)cc1. The molecule has 0 saturated carbocycles. The van der Waals surface area contributed by atoms with Gasteiger partial charge in [-0.1, -0.05) is 31.2 Å². The Morgan fingerprint density at radius 3 is 2.45 bits per heavy atom. The second kappa shape index (κ2) is 8.11. The number of ether oxygens (including phenoxy) is 1. The van der Waals surface area contributed by atoms with Crippen LogP contribution in [0.2, 0.25) is 0 Å². The largest absolute Gasteiger partial charge is 0.378 e. The third-order valence-corrected chi connectivity index (χ3v) is 6.08. The predicted octanol–water partition coefficient (Wildman–Crippen LogP) is 2.84. The summed E-state index contributed by atoms with van der Waals surface area (Å²) in [5.74, 6) is 2.05. The molecule has 0 bridgehead atoms. The van der Waals surface area contributed by atoms with Crippen LogP contribution >= 0.6 is 0 Å². The Labute approximate surface area is 181 Å². The van der Waals surface area contributed by atoms with Crippen LogP contribution in [0.15, 0.2) is 36.4 Å². The van der Waals surface area contributed by atoms with Gasteiger partial charge in [-0.05, 0) is 36.6 Å². The van der Waals surface area contributed by atoms with E-state index in [1.54, 1.807) is 4.68 Å². The van der Waals surface area contributed by atoms with Gasteiger partial charge in [0.15, 0.2) is 11.6 Å². The molecule has 1 atom stereocenters. The Bertz CT molecular complexity index is 1080. The molecule has 2 aromatic heterocycles. The topological polar surface area (TPSA) is 85.2 Å². The maximum atomic E-state index is 12.6. The molecule has 0 radical (unpaired) electrons. The lowest BCUT2D eigenvalue weighted by atomic mass is 9.85. The minimum absolute atomic E-state index is 0.0175. The van der Waals surface area contributed by atoms with E-state index in [9.17, 15) is 4.79 Å². The van der Waals surface area contributed by atoms with Crippen molar-refractivity contribution in [3.05, 3.63) is 58.8 Å². The van der Waals surface area contributed by atoms with Gasteiger partial charge in [-0.3, -0.25) is 4.79 Å². The normalized spacial score (nSPS) is 18.6. The van der Waals surface area contributed by atoms with Crippen molar-refractivity contribution in [3.63, 3.8) is 0 Å². The lowest BCUT2D eigenvalue weighted by molar-refractivity contribution is -0.116. The number of hydrogen-bond acceptors (Lipinski definition) is 6. The van der Waals surface area contributed by atoms with Gasteiger partial charge in [-0.25, -0.2) is 0 Å². The zero-order valence-electron chi connectivity index (χ0n) is 17.8. The number of nitrogens with zero attached hydrogens (tertiary/aromatic N) is 5. The Hall–Kier alpha value is -3.26. The van der Waals surface area contributed by atoms with Crippen LogP contribution in [0.4, 0.5) is 11.6 Å². The van der Waals surface area contributed by atoms with Crippen molar-refractivity contribution in [2.24, 2.45) is 0 Å². The highest BCUT2D eigenvalue weighted by atomic mass is 16.5. The summed E-state index contributed by atoms with van der Waals surface area (Å²) in [6, 6.07) is 12.4. The minimum atomic E-state index is -0.0241. The van der Waals surface area contributed by atoms with Gasteiger partial charge in [-0.2, -0.15) is 9.78 Å². The number of rotatable bonds is 4. The molecule has 0 aliphatic carbocycles. The molecule has 3 aromatic rings. The van der Waals surface area contributed by atoms with Gasteiger partial charge in [-0.15, -0.1) is 10.2 Å². The van der Waals surface area contributed by atoms with Crippen LogP contribution in [0.25, 0.3) is 5.82 Å². The summed E-state index contributed by atoms with van der Waals surface area (Å²) in [7, 11) is 0. The van der Waals surface area contributed by atoms with E-state index >= 15 is 0 Å². The van der Waals surface area contributed by atoms with Crippen LogP contribution in [-0.4, -0.2) is 52.2 Å². The van der Waals surface area contributed by atoms with E-state index in [0.717, 1.165) is 42.1 Å². The fourth-order valence-electron chi connectivity index (χ4n) is 4.38. The predicted molar refractivity (Wildman–Crippen MR) is 118 cm³/mol. The summed E-state index contributed by atoms with van der Waals surface area (Å²) >= 11 is 0. The molecular weight excluding hydrogens is 392 g/mol. The first-order valence-electron chi connectivity index (χ1n) is 10.8. The molecular formula is C23H26N6O2. The van der Waals surface area contributed by atoms with Crippen molar-refractivity contribution in [1.29, 1.82) is 0 Å². The number of nitrogens with one attached hydrogen (secondary N) is 1. The number of amides is 1. The van der Waals surface area contributed by atoms with E-state index in [0.29, 0.717) is 31.3 Å². The summed E-state index contributed by atoms with van der Waals surface area (Å²) in [6.45, 7) is 7.12. The minimum Gasteiger partial charge on any atom is -0.378 e. The summed E-state index contributed by atoms with van der Waals surface area (Å²) in [5.41, 5.74) is 4.35. The van der Waals surface area contributed by atoms with E-state index in [4.69, 9.17) is 9.84 Å². The van der Waals surface area contributed by atoms with Crippen molar-refractivity contribution >= 4 is 17.5 Å². The summed E-state index contributed by atoms with van der Waals surface area (Å²) in [5, 5.41) is 16.5. The van der Waals surface area contributed by atoms with Crippen molar-refractivity contribution in [2.75, 3.05) is 36.5 Å². The van der Waals surface area contributed by atoms with Gasteiger partial charge in [0.25, 0.3) is 0 Å². The van der Waals surface area contributed by atoms with Gasteiger partial charge in [0.1, 0.15) is 5.82 Å². The zero-order chi connectivity index (χ0) is 21.4. The number of carbonyl (C=O) groups is 1. The number of morpholine rings is 1. The average Bonchev–Trinajstić information content (AvgIpc) is 3.15. The highest BCUT2D eigenvalue weighted by Gasteiger charge is 2.33. The Morgan fingerprint density at radius 2 is 1.77 bits per heavy atom. The maximum Gasteiger partial charge on any atom is 0.226 e. The summed E-state index contributed by atoms with van der Waals surface area (Å²) < 4.78 is 7.10. The van der Waals surface area contributed by atoms with Gasteiger partial charge in [0.2, 0.25) is 5.91 Å². The van der Waals surface area contributed by atoms with Crippen molar-refractivity contribution in [3.8, 4) is 5.82 Å². The second-order valence-electron chi connectivity index (χ2n) is 8.01. The number of aryl methyl sites for hydroxylation is 2. The smallest absolute Gasteiger partial charge is 0.226 e. The molecule has 2 aliphatic rings. The number of fused-ring (bicyclic) bond motifs is 1. The zero-order valence-corrected chi connectivity index (χ0v) is 17.8. The van der Waals surface area contributed by atoms with Crippen molar-refractivity contribution in [2.45, 2.75) is 32.6 Å². The highest BCUT2D eigenvalue weighted by molar-refractivity contribution is 5.95. The van der Waals surface area contributed by atoms with Crippen LogP contribution in [0.3, 0.4) is 0 Å². The van der Waals surface area contributed by atoms with Crippen LogP contribution in [-0.2, 0) is 16.0 Å². The van der Waals surface area contributed by atoms with Gasteiger partial charge in [0, 0.05) is 31.0 Å². The van der Waals surface area contributed by atoms with Gasteiger partial charge < -0.3 is 15.0 Å². The molecule has 1 aromatic carbocycles. The molecule has 5 rings (SSSR count). The molecule has 4 heterocycles. The van der Waals surface area contributed by atoms with Crippen LogP contribution in [0.1, 0.15) is 41.6 Å². The van der Waals surface area contributed by atoms with Gasteiger partial charge in [0.05, 0.1) is 18.9 Å². The Kier molecular flexibility index (Phi) is 5.15. The molecule has 0 spiro atoms. The number of hydrogen-bond donors (Lipinski definition) is 1. The number of anilines is 2. The molecule has 1 N–H and O–H groups in total. The molecule has 8 heteroatoms. The van der Waals surface area contributed by atoms with E-state index in [1.165, 1.54) is 5.56 Å². The molecule has 1 saturated heterocycles. The number of benzene rings is 1. The molecule has 31 heavy (non-hydrogen) atoms. The Morgan fingerprint density at radius 1 is 1.06 bits per heavy atom. The van der Waals surface area contributed by atoms with E-state index in [2.05, 4.69) is 51.6 Å². The molecule has 0 unspecified atom stereocenters. The average molecular weight is 419 g/mol. The molecule has 160 valence electrons. The van der Waals surface area contributed by atoms with E-state index in [-0.39, 0.29) is 11.8 Å². The molecule has 8 nitrogen and oxygen atoms in total. The quantitative estimate of drug-likeness (QED) is 0.701. The fourth-order valence-corrected chi connectivity index (χ4v) is 4.38. The first-order valence-corrected chi connectivity index (χ1v) is 10.8. The molecule has 2 aliphatic heterocycles. The molecule has 1 fully saturated rings. The van der Waals surface area contributed by atoms with Crippen LogP contribution in [0, 0.1) is 6.92 Å². The van der Waals surface area contributed by atoms with Gasteiger partial charge >= 0.3 is 0 Å². The standard InChI is InChI=1S/C23H26N6O2/c1-3-16-4-6-17(7-5-16)18-14-21(30)24-23-22(18)15(2)27-29(23)20-9-8-19(25-26-20)28-10-12-31-13-11-28/h4-9,18H,3,10-14H2,1-2H3,(H,24,30)/t18-/m1/s1. The summed E-state index contributed by atoms with van der Waals surface area (Å²) in [6.07, 6.45) is 1.40. The lowest BCUT2D eigenvalue weighted by Crippen LogP contribution is -2.36. The third kappa shape index (κ3) is 3.67. The lowest BCUT2D eigenvalue weighted by Gasteiger charge is -2.27. The first kappa shape index (κ1) is 19.7. The number of carbonyl (C=O) groups excluding carboxylic acids is 1. The van der Waals surface area contributed by atoms with Crippen LogP contribution in [0.5, 0.6) is 0 Å². The fraction of sp³-hybridized carbons (Fsp3) is 0.391. The second-order valence-corrected chi connectivity index (χ2v) is 8.01. The Balaban J connectivity index is 1.50. The summed E-state index contributed by atoms with van der Waals surface area (Å²) in [4.78, 5) is 14.7. The molecule has 1 amide bonds. The number of aromatic nitrogens is 4. The first-order chi connectivity index (χ1) is 15.1. The maximum absolute atomic E-state index is 12.6. The van der Waals surface area contributed by atoms with E-state index in [1.807, 2.05) is 19.1 Å². The van der Waals surface area contributed by atoms with E-state index < -0.39 is 0 Å². The highest BCUT2D eigenvalue weighted by Crippen LogP contribution is 2.40. The van der Waals surface area contributed by atoms with Crippen molar-refractivity contribution in [1.82, 2.24) is 20.0 Å². The van der Waals surface area contributed by atoms with Crippen LogP contribution < -0.4 is 10.2 Å². The van der Waals surface area contributed by atoms with Crippen molar-refractivity contribution < 1.29 is 9.53 Å². The third-order valence-electron chi connectivity index (χ3n) is 6.08.